The zero-order chi connectivity index (χ0) is 38.1. The Morgan fingerprint density at radius 1 is 1.06 bits per heavy atom. The van der Waals surface area contributed by atoms with Gasteiger partial charge in [-0.1, -0.05) is 83.9 Å². The summed E-state index contributed by atoms with van der Waals surface area (Å²) in [5.74, 6) is -7.15. The van der Waals surface area contributed by atoms with E-state index in [2.05, 4.69) is 0 Å². The summed E-state index contributed by atoms with van der Waals surface area (Å²) in [6, 6.07) is 0. The molecule has 12 atom stereocenters. The number of carbonyl (C=O) groups excluding carboxylic acids is 2. The van der Waals surface area contributed by atoms with Crippen LogP contribution in [0, 0.1) is 35.5 Å². The van der Waals surface area contributed by atoms with E-state index in [0.717, 1.165) is 17.2 Å². The van der Waals surface area contributed by atoms with Gasteiger partial charge in [0.15, 0.2) is 5.79 Å². The number of ether oxygens (including phenoxy) is 4. The van der Waals surface area contributed by atoms with Crippen LogP contribution in [0.25, 0.3) is 0 Å². The van der Waals surface area contributed by atoms with E-state index in [1.54, 1.807) is 39.0 Å². The number of hydrogen-bond donors (Lipinski definition) is 4. The fourth-order valence-electron chi connectivity index (χ4n) is 7.02. The molecule has 282 valence electrons. The summed E-state index contributed by atoms with van der Waals surface area (Å²) in [6.07, 6.45) is 5.98. The predicted octanol–water partition coefficient (Wildman–Crippen LogP) is 5.30. The molecule has 0 amide bonds. The highest BCUT2D eigenvalue weighted by molar-refractivity contribution is 5.90. The Bertz CT molecular complexity index is 1330. The Balaban J connectivity index is 2.51. The minimum atomic E-state index is -1.97. The van der Waals surface area contributed by atoms with Crippen LogP contribution in [0.15, 0.2) is 59.3 Å². The molecule has 50 heavy (non-hydrogen) atoms. The number of aliphatic hydroxyl groups is 3. The molecule has 2 aliphatic rings. The lowest BCUT2D eigenvalue weighted by atomic mass is 9.76. The van der Waals surface area contributed by atoms with E-state index in [1.807, 2.05) is 60.6 Å². The zero-order valence-electron chi connectivity index (χ0n) is 31.5. The molecule has 0 saturated carbocycles. The van der Waals surface area contributed by atoms with Crippen molar-refractivity contribution in [2.24, 2.45) is 35.5 Å². The van der Waals surface area contributed by atoms with Gasteiger partial charge in [-0.05, 0) is 45.1 Å². The summed E-state index contributed by atoms with van der Waals surface area (Å²) in [6.45, 7) is 18.4. The number of carboxylic acids is 1. The molecular formula is C39H60O11. The van der Waals surface area contributed by atoms with Crippen LogP contribution in [0.3, 0.4) is 0 Å². The van der Waals surface area contributed by atoms with E-state index >= 15 is 0 Å². The lowest BCUT2D eigenvalue weighted by molar-refractivity contribution is -0.329. The Hall–Kier alpha value is -3.09. The van der Waals surface area contributed by atoms with Gasteiger partial charge in [-0.3, -0.25) is 0 Å². The molecule has 0 aromatic carbocycles. The standard InChI is InChI=1S/C39H60O11/c1-21(2)36-27(8)31(48-33(42)16-15-32(40)41)20-39(46,50-36)29(10)35(44)28(9)37-30(47-11)14-12-13-22(3)17-24(5)34(43)25(6)18-23(4)19-26(7)38(45)49-37/h12-16,18-19,21,24-25,27-31,34-37,43-44,46H,17,20H2,1-11H3,(H,40,41)/b14-12-,16-15+,22-13-,23-18-,26-19-/t24-,25-,27-,28+,29-,30-,31+,34-,35+,36-,37+,39-/m0/s1. The maximum absolute atomic E-state index is 13.5. The number of carbonyl (C=O) groups is 3. The molecular weight excluding hydrogens is 644 g/mol. The number of aliphatic hydroxyl groups excluding tert-OH is 2. The maximum atomic E-state index is 13.5. The zero-order valence-corrected chi connectivity index (χ0v) is 31.5. The Morgan fingerprint density at radius 2 is 1.70 bits per heavy atom. The second-order valence-electron chi connectivity index (χ2n) is 14.8. The molecule has 2 rings (SSSR count). The number of hydrogen-bond acceptors (Lipinski definition) is 10. The van der Waals surface area contributed by atoms with Gasteiger partial charge in [-0.15, -0.1) is 0 Å². The minimum Gasteiger partial charge on any atom is -0.478 e. The molecule has 0 spiro atoms. The van der Waals surface area contributed by atoms with Crippen LogP contribution in [0.5, 0.6) is 0 Å². The Morgan fingerprint density at radius 3 is 2.28 bits per heavy atom. The molecule has 1 fully saturated rings. The third-order valence-electron chi connectivity index (χ3n) is 10.1. The topological polar surface area (TPSA) is 169 Å². The lowest BCUT2D eigenvalue weighted by Gasteiger charge is -2.50. The van der Waals surface area contributed by atoms with Crippen LogP contribution in [0.2, 0.25) is 0 Å². The van der Waals surface area contributed by atoms with Crippen molar-refractivity contribution in [2.75, 3.05) is 7.11 Å². The van der Waals surface area contributed by atoms with E-state index in [4.69, 9.17) is 24.1 Å². The Kier molecular flexibility index (Phi) is 16.3. The third-order valence-corrected chi connectivity index (χ3v) is 10.1. The average Bonchev–Trinajstić information content (AvgIpc) is 3.04. The highest BCUT2D eigenvalue weighted by Gasteiger charge is 2.53. The molecule has 4 N–H and O–H groups in total. The first kappa shape index (κ1) is 43.1. The number of cyclic esters (lactones) is 1. The molecule has 11 heteroatoms. The smallest absolute Gasteiger partial charge is 0.334 e. The van der Waals surface area contributed by atoms with Gasteiger partial charge in [-0.2, -0.15) is 0 Å². The van der Waals surface area contributed by atoms with Crippen LogP contribution in [-0.4, -0.2) is 87.9 Å². The minimum absolute atomic E-state index is 0.0142. The second kappa shape index (κ2) is 18.9. The van der Waals surface area contributed by atoms with Crippen molar-refractivity contribution in [3.05, 3.63) is 59.3 Å². The molecule has 11 nitrogen and oxygen atoms in total. The molecule has 2 heterocycles. The number of aliphatic carboxylic acids is 1. The summed E-state index contributed by atoms with van der Waals surface area (Å²) in [5.41, 5.74) is 2.14. The molecule has 0 aliphatic carbocycles. The molecule has 0 aromatic rings. The average molecular weight is 705 g/mol. The molecule has 0 bridgehead atoms. The van der Waals surface area contributed by atoms with Gasteiger partial charge in [0.25, 0.3) is 0 Å². The van der Waals surface area contributed by atoms with E-state index in [9.17, 15) is 29.7 Å². The molecule has 1 saturated heterocycles. The van der Waals surface area contributed by atoms with Crippen molar-refractivity contribution >= 4 is 17.9 Å². The summed E-state index contributed by atoms with van der Waals surface area (Å²) in [4.78, 5) is 36.9. The fourth-order valence-corrected chi connectivity index (χ4v) is 7.02. The monoisotopic (exact) mass is 704 g/mol. The van der Waals surface area contributed by atoms with Crippen molar-refractivity contribution in [3.63, 3.8) is 0 Å². The summed E-state index contributed by atoms with van der Waals surface area (Å²) >= 11 is 0. The van der Waals surface area contributed by atoms with Crippen molar-refractivity contribution in [2.45, 2.75) is 124 Å². The molecule has 0 unspecified atom stereocenters. The van der Waals surface area contributed by atoms with Crippen LogP contribution in [0.4, 0.5) is 0 Å². The fraction of sp³-hybridized carbons (Fsp3) is 0.667. The van der Waals surface area contributed by atoms with E-state index in [-0.39, 0.29) is 30.1 Å². The van der Waals surface area contributed by atoms with E-state index in [0.29, 0.717) is 18.1 Å². The van der Waals surface area contributed by atoms with Crippen LogP contribution < -0.4 is 0 Å². The van der Waals surface area contributed by atoms with Gasteiger partial charge in [0.2, 0.25) is 0 Å². The van der Waals surface area contributed by atoms with Crippen molar-refractivity contribution in [3.8, 4) is 0 Å². The van der Waals surface area contributed by atoms with Crippen LogP contribution >= 0.6 is 0 Å². The van der Waals surface area contributed by atoms with Crippen LogP contribution in [0.1, 0.15) is 82.1 Å². The van der Waals surface area contributed by atoms with Gasteiger partial charge in [0.05, 0.1) is 18.3 Å². The van der Waals surface area contributed by atoms with Crippen LogP contribution in [-0.2, 0) is 33.3 Å². The number of allylic oxidation sites excluding steroid dienone is 5. The summed E-state index contributed by atoms with van der Waals surface area (Å²) in [7, 11) is 1.48. The van der Waals surface area contributed by atoms with E-state index < -0.39 is 72.2 Å². The third kappa shape index (κ3) is 11.7. The summed E-state index contributed by atoms with van der Waals surface area (Å²) in [5, 5.41) is 43.7. The van der Waals surface area contributed by atoms with E-state index in [1.165, 1.54) is 7.11 Å². The van der Waals surface area contributed by atoms with Crippen molar-refractivity contribution in [1.29, 1.82) is 0 Å². The van der Waals surface area contributed by atoms with Crippen molar-refractivity contribution < 1.29 is 53.8 Å². The lowest BCUT2D eigenvalue weighted by Crippen LogP contribution is -2.59. The number of carboxylic acid groups (broad SMARTS) is 1. The largest absolute Gasteiger partial charge is 0.478 e. The quantitative estimate of drug-likeness (QED) is 0.182. The van der Waals surface area contributed by atoms with Gasteiger partial charge >= 0.3 is 17.9 Å². The molecule has 0 aromatic heterocycles. The highest BCUT2D eigenvalue weighted by atomic mass is 16.6. The summed E-state index contributed by atoms with van der Waals surface area (Å²) < 4.78 is 23.8. The first-order valence-corrected chi connectivity index (χ1v) is 17.5. The maximum Gasteiger partial charge on any atom is 0.334 e. The number of rotatable bonds is 9. The first-order valence-electron chi connectivity index (χ1n) is 17.5. The number of esters is 2. The Labute approximate surface area is 297 Å². The molecule has 2 aliphatic heterocycles. The second-order valence-corrected chi connectivity index (χ2v) is 14.8. The highest BCUT2D eigenvalue weighted by Crippen LogP contribution is 2.42. The van der Waals surface area contributed by atoms with Crippen molar-refractivity contribution in [1.82, 2.24) is 0 Å². The van der Waals surface area contributed by atoms with Gasteiger partial charge in [0, 0.05) is 54.9 Å². The predicted molar refractivity (Wildman–Crippen MR) is 189 cm³/mol. The van der Waals surface area contributed by atoms with Gasteiger partial charge in [-0.25, -0.2) is 14.4 Å². The molecule has 0 radical (unpaired) electrons. The van der Waals surface area contributed by atoms with Gasteiger partial charge < -0.3 is 39.4 Å². The number of methoxy groups -OCH3 is 1. The first-order chi connectivity index (χ1) is 23.2. The SMILES string of the molecule is CO[C@H]1/C=C\C=C(\C)C[C@H](C)[C@H](O)[C@@H](C)/C=C(C)\C=C(\C)C(=O)O[C@@H]1[C@H](C)[C@@H](O)[C@H](C)[C@]1(O)C[C@@H](OC(=O)/C=C/C(=O)O)[C@H](C)[C@H](C(C)C)O1. The van der Waals surface area contributed by atoms with Gasteiger partial charge in [0.1, 0.15) is 18.3 Å². The normalized spacial score (nSPS) is 37.7.